The van der Waals surface area contributed by atoms with Crippen LogP contribution in [0, 0.1) is 20.5 Å². The summed E-state index contributed by atoms with van der Waals surface area (Å²) in [6, 6.07) is 15.0. The first-order valence-electron chi connectivity index (χ1n) is 9.98. The molecule has 5 rings (SSSR count). The van der Waals surface area contributed by atoms with Gasteiger partial charge in [0.25, 0.3) is 5.91 Å². The van der Waals surface area contributed by atoms with Gasteiger partial charge in [-0.1, -0.05) is 30.3 Å². The van der Waals surface area contributed by atoms with Crippen LogP contribution < -0.4 is 10.2 Å². The van der Waals surface area contributed by atoms with Gasteiger partial charge in [0.05, 0.1) is 11.4 Å². The molecule has 5 nitrogen and oxygen atoms in total. The zero-order valence-corrected chi connectivity index (χ0v) is 16.3. The van der Waals surface area contributed by atoms with Crippen LogP contribution in [0.25, 0.3) is 10.9 Å². The number of nitrogens with one attached hydrogen (secondary N) is 2. The van der Waals surface area contributed by atoms with Gasteiger partial charge < -0.3 is 20.1 Å². The Hall–Kier alpha value is -2.95. The van der Waals surface area contributed by atoms with Crippen LogP contribution in [0.2, 0.25) is 0 Å². The van der Waals surface area contributed by atoms with Crippen molar-refractivity contribution in [3.05, 3.63) is 66.0 Å². The van der Waals surface area contributed by atoms with E-state index in [-0.39, 0.29) is 5.91 Å². The molecular formula is C23H25N4O. The second kappa shape index (κ2) is 6.59. The van der Waals surface area contributed by atoms with E-state index >= 15 is 0 Å². The van der Waals surface area contributed by atoms with Crippen LogP contribution in [0.15, 0.2) is 42.5 Å². The van der Waals surface area contributed by atoms with E-state index < -0.39 is 0 Å². The van der Waals surface area contributed by atoms with Crippen LogP contribution >= 0.6 is 0 Å². The topological polar surface area (TPSA) is 51.4 Å². The van der Waals surface area contributed by atoms with Gasteiger partial charge in [-0.2, -0.15) is 0 Å². The summed E-state index contributed by atoms with van der Waals surface area (Å²) in [4.78, 5) is 20.9. The summed E-state index contributed by atoms with van der Waals surface area (Å²) in [6.45, 7) is 7.75. The van der Waals surface area contributed by atoms with Gasteiger partial charge in [0, 0.05) is 30.0 Å². The summed E-state index contributed by atoms with van der Waals surface area (Å²) in [7, 11) is 0. The number of likely N-dealkylation sites (tertiary alicyclic amines) is 1. The Labute approximate surface area is 165 Å². The number of aromatic amines is 1. The first kappa shape index (κ1) is 17.2. The number of hydrogen-bond donors (Lipinski definition) is 2. The maximum absolute atomic E-state index is 13.2. The summed E-state index contributed by atoms with van der Waals surface area (Å²) in [5.41, 5.74) is 6.43. The normalized spacial score (nSPS) is 17.1. The molecule has 1 saturated heterocycles. The summed E-state index contributed by atoms with van der Waals surface area (Å²) >= 11 is 0. The molecule has 1 aromatic heterocycles. The smallest absolute Gasteiger partial charge is 0.270 e. The summed E-state index contributed by atoms with van der Waals surface area (Å²) in [5.74, 6) is 0.121. The fraction of sp³-hybridized carbons (Fsp3) is 0.304. The molecule has 2 aliphatic heterocycles. The number of rotatable bonds is 2. The SMILES string of the molecule is Cc1c(C(=O)N2CCC(N3[CH]Nc4ccccc43)CC2)[nH]c2c(C)cccc12. The molecule has 0 spiro atoms. The average Bonchev–Trinajstić information content (AvgIpc) is 3.30. The van der Waals surface area contributed by atoms with E-state index in [1.807, 2.05) is 11.8 Å². The van der Waals surface area contributed by atoms with Gasteiger partial charge in [-0.25, -0.2) is 0 Å². The zero-order valence-electron chi connectivity index (χ0n) is 16.3. The van der Waals surface area contributed by atoms with E-state index in [1.54, 1.807) is 0 Å². The Kier molecular flexibility index (Phi) is 4.04. The standard InChI is InChI=1S/C23H25N4O/c1-15-6-5-7-18-16(2)22(25-21(15)18)23(28)26-12-10-17(11-13-26)27-14-24-19-8-3-4-9-20(19)27/h3-9,14,17,24-25H,10-13H2,1-2H3. The van der Waals surface area contributed by atoms with Crippen molar-refractivity contribution in [1.29, 1.82) is 0 Å². The summed E-state index contributed by atoms with van der Waals surface area (Å²) < 4.78 is 0. The number of H-pyrrole nitrogens is 1. The molecule has 0 saturated carbocycles. The van der Waals surface area contributed by atoms with Crippen LogP contribution in [0.5, 0.6) is 0 Å². The molecule has 0 aliphatic carbocycles. The predicted octanol–water partition coefficient (Wildman–Crippen LogP) is 4.44. The number of amides is 1. The first-order chi connectivity index (χ1) is 13.6. The Morgan fingerprint density at radius 3 is 2.61 bits per heavy atom. The number of nitrogens with zero attached hydrogens (tertiary/aromatic N) is 2. The van der Waals surface area contributed by atoms with Gasteiger partial charge in [-0.15, -0.1) is 0 Å². The minimum atomic E-state index is 0.121. The number of hydrogen-bond acceptors (Lipinski definition) is 3. The van der Waals surface area contributed by atoms with Gasteiger partial charge in [0.15, 0.2) is 0 Å². The third-order valence-corrected chi connectivity index (χ3v) is 6.20. The van der Waals surface area contributed by atoms with Gasteiger partial charge in [-0.3, -0.25) is 4.79 Å². The second-order valence-corrected chi connectivity index (χ2v) is 7.84. The number of aromatic nitrogens is 1. The molecule has 28 heavy (non-hydrogen) atoms. The number of para-hydroxylation sites is 3. The number of piperidine rings is 1. The molecule has 2 aromatic carbocycles. The number of fused-ring (bicyclic) bond motifs is 2. The molecule has 1 amide bonds. The molecule has 3 heterocycles. The molecular weight excluding hydrogens is 348 g/mol. The molecule has 2 aliphatic rings. The molecule has 0 bridgehead atoms. The molecule has 5 heteroatoms. The number of carbonyl (C=O) groups excluding carboxylic acids is 1. The lowest BCUT2D eigenvalue weighted by Gasteiger charge is -2.37. The molecule has 0 unspecified atom stereocenters. The zero-order chi connectivity index (χ0) is 19.3. The monoisotopic (exact) mass is 373 g/mol. The van der Waals surface area contributed by atoms with Crippen LogP contribution in [-0.4, -0.2) is 34.9 Å². The van der Waals surface area contributed by atoms with Gasteiger partial charge >= 0.3 is 0 Å². The van der Waals surface area contributed by atoms with E-state index in [4.69, 9.17) is 0 Å². The van der Waals surface area contributed by atoms with Crippen molar-refractivity contribution in [1.82, 2.24) is 9.88 Å². The average molecular weight is 373 g/mol. The van der Waals surface area contributed by atoms with Crippen molar-refractivity contribution in [3.8, 4) is 0 Å². The summed E-state index contributed by atoms with van der Waals surface area (Å²) in [6.07, 6.45) is 1.94. The number of aryl methyl sites for hydroxylation is 2. The predicted molar refractivity (Wildman–Crippen MR) is 114 cm³/mol. The summed E-state index contributed by atoms with van der Waals surface area (Å²) in [5, 5.41) is 4.50. The van der Waals surface area contributed by atoms with Crippen molar-refractivity contribution >= 4 is 28.2 Å². The number of benzene rings is 2. The molecule has 1 fully saturated rings. The van der Waals surface area contributed by atoms with Crippen molar-refractivity contribution in [2.24, 2.45) is 0 Å². The van der Waals surface area contributed by atoms with Crippen LogP contribution in [0.3, 0.4) is 0 Å². The van der Waals surface area contributed by atoms with Gasteiger partial charge in [0.1, 0.15) is 12.4 Å². The van der Waals surface area contributed by atoms with E-state index in [1.165, 1.54) is 11.3 Å². The van der Waals surface area contributed by atoms with Crippen LogP contribution in [0.4, 0.5) is 11.4 Å². The lowest BCUT2D eigenvalue weighted by Crippen LogP contribution is -2.46. The maximum Gasteiger partial charge on any atom is 0.270 e. The highest BCUT2D eigenvalue weighted by atomic mass is 16.2. The molecule has 1 radical (unpaired) electrons. The van der Waals surface area contributed by atoms with Gasteiger partial charge in [-0.05, 0) is 49.9 Å². The Bertz CT molecular complexity index is 1050. The molecule has 3 aromatic rings. The minimum absolute atomic E-state index is 0.121. The lowest BCUT2D eigenvalue weighted by atomic mass is 10.0. The highest BCUT2D eigenvalue weighted by molar-refractivity contribution is 6.01. The minimum Gasteiger partial charge on any atom is -0.360 e. The highest BCUT2D eigenvalue weighted by Crippen LogP contribution is 2.36. The third kappa shape index (κ3) is 2.65. The first-order valence-corrected chi connectivity index (χ1v) is 9.98. The van der Waals surface area contributed by atoms with Crippen molar-refractivity contribution in [2.75, 3.05) is 23.3 Å². The maximum atomic E-state index is 13.2. The van der Waals surface area contributed by atoms with E-state index in [9.17, 15) is 4.79 Å². The highest BCUT2D eigenvalue weighted by Gasteiger charge is 2.32. The van der Waals surface area contributed by atoms with Crippen molar-refractivity contribution < 1.29 is 4.79 Å². The number of carbonyl (C=O) groups is 1. The van der Waals surface area contributed by atoms with Crippen molar-refractivity contribution in [2.45, 2.75) is 32.7 Å². The Morgan fingerprint density at radius 1 is 1.04 bits per heavy atom. The van der Waals surface area contributed by atoms with E-state index in [2.05, 4.69) is 71.3 Å². The fourth-order valence-electron chi connectivity index (χ4n) is 4.55. The van der Waals surface area contributed by atoms with Crippen LogP contribution in [-0.2, 0) is 0 Å². The Morgan fingerprint density at radius 2 is 1.82 bits per heavy atom. The second-order valence-electron chi connectivity index (χ2n) is 7.84. The molecule has 143 valence electrons. The van der Waals surface area contributed by atoms with Crippen LogP contribution in [0.1, 0.15) is 34.5 Å². The molecule has 2 N–H and O–H groups in total. The molecule has 0 atom stereocenters. The van der Waals surface area contributed by atoms with Gasteiger partial charge in [0.2, 0.25) is 0 Å². The third-order valence-electron chi connectivity index (χ3n) is 6.20. The largest absolute Gasteiger partial charge is 0.360 e. The van der Waals surface area contributed by atoms with E-state index in [0.717, 1.165) is 53.8 Å². The Balaban J connectivity index is 1.32. The van der Waals surface area contributed by atoms with E-state index in [0.29, 0.717) is 6.04 Å². The lowest BCUT2D eigenvalue weighted by molar-refractivity contribution is 0.0708. The quantitative estimate of drug-likeness (QED) is 0.698. The number of anilines is 2. The fourth-order valence-corrected chi connectivity index (χ4v) is 4.55. The van der Waals surface area contributed by atoms with Crippen molar-refractivity contribution in [3.63, 3.8) is 0 Å².